The number of hydrogen-bond acceptors (Lipinski definition) is 3. The van der Waals surface area contributed by atoms with Crippen LogP contribution in [0.25, 0.3) is 0 Å². The van der Waals surface area contributed by atoms with Crippen molar-refractivity contribution in [2.24, 2.45) is 0 Å². The summed E-state index contributed by atoms with van der Waals surface area (Å²) in [5.74, 6) is 0.697. The normalized spacial score (nSPS) is 24.1. The molecule has 2 fully saturated rings. The molecule has 3 rings (SSSR count). The van der Waals surface area contributed by atoms with Gasteiger partial charge >= 0.3 is 0 Å². The second-order valence-electron chi connectivity index (χ2n) is 4.41. The van der Waals surface area contributed by atoms with Crippen molar-refractivity contribution in [2.75, 3.05) is 10.7 Å². The molecule has 92 valence electrons. The molecule has 4 heteroatoms. The van der Waals surface area contributed by atoms with Gasteiger partial charge in [0.05, 0.1) is 10.8 Å². The molecule has 0 unspecified atom stereocenters. The maximum Gasteiger partial charge on any atom is 0.242 e. The lowest BCUT2D eigenvalue weighted by Gasteiger charge is -2.18. The van der Waals surface area contributed by atoms with Crippen LogP contribution in [-0.4, -0.2) is 17.4 Å². The molecule has 1 aliphatic carbocycles. The van der Waals surface area contributed by atoms with Crippen molar-refractivity contribution < 1.29 is 9.59 Å². The number of ketones is 1. The zero-order chi connectivity index (χ0) is 12.5. The smallest absolute Gasteiger partial charge is 0.242 e. The highest BCUT2D eigenvalue weighted by molar-refractivity contribution is 8.04. The van der Waals surface area contributed by atoms with Gasteiger partial charge in [0, 0.05) is 17.7 Å². The Morgan fingerprint density at radius 3 is 2.50 bits per heavy atom. The fraction of sp³-hybridized carbons (Fsp3) is 0.286. The molecular weight excluding hydrogens is 246 g/mol. The molecule has 0 bridgehead atoms. The van der Waals surface area contributed by atoms with Crippen molar-refractivity contribution in [1.29, 1.82) is 0 Å². The van der Waals surface area contributed by atoms with Gasteiger partial charge in [-0.15, -0.1) is 0 Å². The van der Waals surface area contributed by atoms with E-state index in [-0.39, 0.29) is 11.7 Å². The highest BCUT2D eigenvalue weighted by Gasteiger charge is 2.33. The Hall–Kier alpha value is -1.55. The van der Waals surface area contributed by atoms with E-state index >= 15 is 0 Å². The lowest BCUT2D eigenvalue weighted by Crippen LogP contribution is -2.25. The van der Waals surface area contributed by atoms with E-state index in [1.54, 1.807) is 4.90 Å². The molecule has 0 N–H and O–H groups in total. The Labute approximate surface area is 110 Å². The predicted molar refractivity (Wildman–Crippen MR) is 72.3 cm³/mol. The number of amides is 1. The minimum absolute atomic E-state index is 0.0633. The van der Waals surface area contributed by atoms with Crippen LogP contribution >= 0.6 is 11.8 Å². The summed E-state index contributed by atoms with van der Waals surface area (Å²) in [4.78, 5) is 25.5. The molecule has 1 aromatic carbocycles. The predicted octanol–water partition coefficient (Wildman–Crippen LogP) is 2.73. The molecule has 1 heterocycles. The summed E-state index contributed by atoms with van der Waals surface area (Å²) >= 11 is 1.49. The van der Waals surface area contributed by atoms with Gasteiger partial charge in [-0.3, -0.25) is 14.5 Å². The fourth-order valence-electron chi connectivity index (χ4n) is 2.38. The van der Waals surface area contributed by atoms with Crippen LogP contribution in [0.3, 0.4) is 0 Å². The summed E-state index contributed by atoms with van der Waals surface area (Å²) < 4.78 is 0. The molecule has 1 aromatic rings. The van der Waals surface area contributed by atoms with Crippen molar-refractivity contribution in [2.45, 2.75) is 19.3 Å². The van der Waals surface area contributed by atoms with Crippen LogP contribution < -0.4 is 4.90 Å². The average molecular weight is 259 g/mol. The molecule has 2 aliphatic rings. The second-order valence-corrected chi connectivity index (χ2v) is 5.38. The molecular formula is C14H13NO2S. The van der Waals surface area contributed by atoms with Crippen LogP contribution in [0.1, 0.15) is 19.3 Å². The van der Waals surface area contributed by atoms with Gasteiger partial charge in [-0.2, -0.15) is 0 Å². The summed E-state index contributed by atoms with van der Waals surface area (Å²) in [7, 11) is 0. The Morgan fingerprint density at radius 1 is 1.06 bits per heavy atom. The molecule has 3 nitrogen and oxygen atoms in total. The van der Waals surface area contributed by atoms with Gasteiger partial charge in [-0.05, 0) is 25.0 Å². The van der Waals surface area contributed by atoms with Gasteiger partial charge in [-0.1, -0.05) is 30.0 Å². The van der Waals surface area contributed by atoms with Crippen molar-refractivity contribution in [3.05, 3.63) is 40.9 Å². The Kier molecular flexibility index (Phi) is 2.96. The zero-order valence-corrected chi connectivity index (χ0v) is 10.7. The van der Waals surface area contributed by atoms with Gasteiger partial charge in [0.1, 0.15) is 0 Å². The van der Waals surface area contributed by atoms with E-state index in [9.17, 15) is 9.59 Å². The van der Waals surface area contributed by atoms with Gasteiger partial charge in [0.2, 0.25) is 5.91 Å². The molecule has 0 spiro atoms. The maximum absolute atomic E-state index is 12.0. The third-order valence-corrected chi connectivity index (χ3v) is 4.32. The molecule has 0 aromatic heterocycles. The lowest BCUT2D eigenvalue weighted by molar-refractivity contribution is -0.115. The number of carbonyl (C=O) groups is 2. The molecule has 1 aliphatic heterocycles. The van der Waals surface area contributed by atoms with E-state index in [2.05, 4.69) is 0 Å². The second kappa shape index (κ2) is 4.61. The number of allylic oxidation sites excluding steroid dienone is 1. The van der Waals surface area contributed by atoms with E-state index in [1.807, 2.05) is 30.3 Å². The zero-order valence-electron chi connectivity index (χ0n) is 9.89. The molecule has 1 saturated heterocycles. The van der Waals surface area contributed by atoms with Crippen molar-refractivity contribution in [3.8, 4) is 0 Å². The summed E-state index contributed by atoms with van der Waals surface area (Å²) in [5.41, 5.74) is 1.70. The van der Waals surface area contributed by atoms with E-state index in [0.29, 0.717) is 12.2 Å². The summed E-state index contributed by atoms with van der Waals surface area (Å²) in [5, 5.41) is 0.855. The number of hydrogen-bond donors (Lipinski definition) is 0. The number of thioether (sulfide) groups is 1. The van der Waals surface area contributed by atoms with Crippen LogP contribution in [0.4, 0.5) is 5.69 Å². The first-order valence-electron chi connectivity index (χ1n) is 6.04. The number of nitrogens with zero attached hydrogens (tertiary/aromatic N) is 1. The summed E-state index contributed by atoms with van der Waals surface area (Å²) in [6, 6.07) is 9.55. The fourth-order valence-corrected chi connectivity index (χ4v) is 3.49. The lowest BCUT2D eigenvalue weighted by atomic mass is 10.2. The summed E-state index contributed by atoms with van der Waals surface area (Å²) in [6.07, 6.45) is 2.34. The van der Waals surface area contributed by atoms with Gasteiger partial charge < -0.3 is 0 Å². The SMILES string of the molecule is O=C1CCCC1=C1SCC(=O)N1c1ccccc1. The van der Waals surface area contributed by atoms with E-state index < -0.39 is 0 Å². The molecule has 0 radical (unpaired) electrons. The molecule has 18 heavy (non-hydrogen) atoms. The van der Waals surface area contributed by atoms with E-state index in [1.165, 1.54) is 11.8 Å². The van der Waals surface area contributed by atoms with Crippen LogP contribution in [0.15, 0.2) is 40.9 Å². The number of rotatable bonds is 1. The van der Waals surface area contributed by atoms with Crippen LogP contribution in [-0.2, 0) is 9.59 Å². The number of Topliss-reactive ketones (excluding diaryl/α,β-unsaturated/α-hetero) is 1. The summed E-state index contributed by atoms with van der Waals surface area (Å²) in [6.45, 7) is 0. The van der Waals surface area contributed by atoms with Crippen LogP contribution in [0, 0.1) is 0 Å². The topological polar surface area (TPSA) is 37.4 Å². The Bertz CT molecular complexity index is 536. The van der Waals surface area contributed by atoms with Crippen molar-refractivity contribution in [3.63, 3.8) is 0 Å². The van der Waals surface area contributed by atoms with E-state index in [4.69, 9.17) is 0 Å². The maximum atomic E-state index is 12.0. The minimum atomic E-state index is 0.0633. The monoisotopic (exact) mass is 259 g/mol. The number of anilines is 1. The molecule has 1 amide bonds. The van der Waals surface area contributed by atoms with Crippen LogP contribution in [0.5, 0.6) is 0 Å². The van der Waals surface area contributed by atoms with Crippen molar-refractivity contribution in [1.82, 2.24) is 0 Å². The van der Waals surface area contributed by atoms with Crippen molar-refractivity contribution >= 4 is 29.1 Å². The quantitative estimate of drug-likeness (QED) is 0.728. The molecule has 1 saturated carbocycles. The Balaban J connectivity index is 2.06. The largest absolute Gasteiger partial charge is 0.294 e. The number of benzene rings is 1. The Morgan fingerprint density at radius 2 is 1.83 bits per heavy atom. The third-order valence-electron chi connectivity index (χ3n) is 3.22. The first-order valence-corrected chi connectivity index (χ1v) is 7.03. The highest BCUT2D eigenvalue weighted by atomic mass is 32.2. The minimum Gasteiger partial charge on any atom is -0.294 e. The van der Waals surface area contributed by atoms with Crippen LogP contribution in [0.2, 0.25) is 0 Å². The first kappa shape index (κ1) is 11.5. The van der Waals surface area contributed by atoms with Gasteiger partial charge in [0.15, 0.2) is 5.78 Å². The molecule has 0 atom stereocenters. The van der Waals surface area contributed by atoms with E-state index in [0.717, 1.165) is 29.1 Å². The first-order chi connectivity index (χ1) is 8.77. The number of carbonyl (C=O) groups excluding carboxylic acids is 2. The van der Waals surface area contributed by atoms with Gasteiger partial charge in [-0.25, -0.2) is 0 Å². The van der Waals surface area contributed by atoms with Gasteiger partial charge in [0.25, 0.3) is 0 Å². The average Bonchev–Trinajstić information content (AvgIpc) is 2.96. The highest BCUT2D eigenvalue weighted by Crippen LogP contribution is 2.39. The third kappa shape index (κ3) is 1.86. The number of para-hydroxylation sites is 1. The standard InChI is InChI=1S/C14H13NO2S/c16-12-8-4-7-11(12)14-15(13(17)9-18-14)10-5-2-1-3-6-10/h1-3,5-6H,4,7-9H2.